The zero-order valence-corrected chi connectivity index (χ0v) is 16.3. The van der Waals surface area contributed by atoms with Crippen LogP contribution in [-0.4, -0.2) is 24.1 Å². The van der Waals surface area contributed by atoms with E-state index in [9.17, 15) is 13.0 Å². The highest BCUT2D eigenvalue weighted by atomic mass is 32.3. The van der Waals surface area contributed by atoms with Crippen LogP contribution < -0.4 is 4.57 Å². The fraction of sp³-hybridized carbons (Fsp3) is 0.824. The minimum atomic E-state index is -4.47. The van der Waals surface area contributed by atoms with Gasteiger partial charge < -0.3 is 4.55 Å². The maximum absolute atomic E-state index is 9.99. The summed E-state index contributed by atoms with van der Waals surface area (Å²) in [6, 6.07) is 0. The first-order valence-corrected chi connectivity index (χ1v) is 10.3. The molecule has 24 heavy (non-hydrogen) atoms. The Kier molecular flexibility index (Phi) is 13.9. The van der Waals surface area contributed by atoms with Crippen LogP contribution in [-0.2, 0) is 28.2 Å². The first kappa shape index (κ1) is 23.1. The molecule has 1 aromatic heterocycles. The first-order valence-electron chi connectivity index (χ1n) is 9.00. The number of aryl methyl sites for hydroxylation is 2. The van der Waals surface area contributed by atoms with Crippen molar-refractivity contribution in [1.82, 2.24) is 4.57 Å². The number of nitrogens with zero attached hydrogens (tertiary/aromatic N) is 2. The quantitative estimate of drug-likeness (QED) is 0.247. The average molecular weight is 363 g/mol. The molecule has 0 aliphatic carbocycles. The Morgan fingerprint density at radius 1 is 1.00 bits per heavy atom. The van der Waals surface area contributed by atoms with Crippen LogP contribution in [0.3, 0.4) is 0 Å². The van der Waals surface area contributed by atoms with Crippen LogP contribution in [0.1, 0.15) is 71.6 Å². The maximum Gasteiger partial charge on any atom is 0.243 e. The topological polar surface area (TPSA) is 75.2 Å². The van der Waals surface area contributed by atoms with E-state index in [1.807, 2.05) is 0 Å². The molecule has 0 aliphatic rings. The van der Waals surface area contributed by atoms with E-state index in [4.69, 9.17) is 0 Å². The van der Waals surface area contributed by atoms with Crippen LogP contribution in [0.2, 0.25) is 0 Å². The number of imidazole rings is 1. The molecule has 0 amide bonds. The summed E-state index contributed by atoms with van der Waals surface area (Å²) < 4.78 is 38.3. The summed E-state index contributed by atoms with van der Waals surface area (Å²) in [5.74, 6) is 0. The third kappa shape index (κ3) is 16.0. The van der Waals surface area contributed by atoms with Crippen molar-refractivity contribution in [3.8, 4) is 0 Å². The lowest BCUT2D eigenvalue weighted by Crippen LogP contribution is -2.23. The van der Waals surface area contributed by atoms with Crippen molar-refractivity contribution in [3.05, 3.63) is 18.7 Å². The Hall–Kier alpha value is -0.920. The molecule has 6 nitrogen and oxygen atoms in total. The lowest BCUT2D eigenvalue weighted by atomic mass is 10.1. The van der Waals surface area contributed by atoms with Crippen molar-refractivity contribution in [2.24, 2.45) is 7.05 Å². The van der Waals surface area contributed by atoms with Crippen LogP contribution in [0.4, 0.5) is 0 Å². The minimum absolute atomic E-state index is 0.0258. The average Bonchev–Trinajstić information content (AvgIpc) is 2.92. The molecular weight excluding hydrogens is 328 g/mol. The molecule has 0 saturated heterocycles. The molecular formula is C17H34N2O4S. The summed E-state index contributed by atoms with van der Waals surface area (Å²) in [6.07, 6.45) is 16.5. The Balaban J connectivity index is 0.000000446. The molecule has 1 aromatic rings. The van der Waals surface area contributed by atoms with E-state index in [-0.39, 0.29) is 6.61 Å². The Bertz CT molecular complexity index is 500. The predicted molar refractivity (Wildman–Crippen MR) is 94.2 cm³/mol. The lowest BCUT2D eigenvalue weighted by Gasteiger charge is -2.06. The van der Waals surface area contributed by atoms with Gasteiger partial charge in [0.15, 0.2) is 0 Å². The molecule has 0 aromatic carbocycles. The third-order valence-electron chi connectivity index (χ3n) is 3.57. The van der Waals surface area contributed by atoms with Crippen molar-refractivity contribution in [3.63, 3.8) is 0 Å². The van der Waals surface area contributed by atoms with Crippen molar-refractivity contribution >= 4 is 10.4 Å². The maximum atomic E-state index is 9.99. The smallest absolute Gasteiger partial charge is 0.243 e. The third-order valence-corrected chi connectivity index (χ3v) is 4.02. The molecule has 1 heterocycles. The second-order valence-corrected chi connectivity index (χ2v) is 7.07. The van der Waals surface area contributed by atoms with Crippen LogP contribution in [0.5, 0.6) is 0 Å². The van der Waals surface area contributed by atoms with Gasteiger partial charge in [0.05, 0.1) is 20.2 Å². The van der Waals surface area contributed by atoms with E-state index in [0.29, 0.717) is 6.42 Å². The molecule has 1 rings (SSSR count). The Morgan fingerprint density at radius 2 is 1.58 bits per heavy atom. The van der Waals surface area contributed by atoms with Crippen LogP contribution in [0, 0.1) is 0 Å². The molecule has 0 bridgehead atoms. The summed E-state index contributed by atoms with van der Waals surface area (Å²) >= 11 is 0. The van der Waals surface area contributed by atoms with E-state index in [2.05, 4.69) is 52.9 Å². The second kappa shape index (κ2) is 14.4. The SMILES string of the molecule is CCCCCCCCOS(=O)(=O)[O-].CCCCCn1cc[n+](C)c1. The van der Waals surface area contributed by atoms with Gasteiger partial charge >= 0.3 is 0 Å². The zero-order chi connectivity index (χ0) is 18.3. The highest BCUT2D eigenvalue weighted by molar-refractivity contribution is 7.80. The fourth-order valence-corrected chi connectivity index (χ4v) is 2.54. The van der Waals surface area contributed by atoms with Crippen molar-refractivity contribution in [2.45, 2.75) is 78.2 Å². The van der Waals surface area contributed by atoms with E-state index < -0.39 is 10.4 Å². The van der Waals surface area contributed by atoms with Gasteiger partial charge in [-0.15, -0.1) is 0 Å². The Morgan fingerprint density at radius 3 is 2.12 bits per heavy atom. The lowest BCUT2D eigenvalue weighted by molar-refractivity contribution is -0.671. The highest BCUT2D eigenvalue weighted by Crippen LogP contribution is 2.05. The molecule has 0 unspecified atom stereocenters. The standard InChI is InChI=1S/C9H17N2.C8H18O4S/c1-3-4-5-6-11-8-7-10(2)9-11;1-2-3-4-5-6-7-8-12-13(9,10)11/h7-9H,3-6H2,1-2H3;2-8H2,1H3,(H,9,10,11)/q+1;/p-1. The number of aromatic nitrogens is 2. The van der Waals surface area contributed by atoms with Gasteiger partial charge in [-0.2, -0.15) is 0 Å². The molecule has 0 spiro atoms. The van der Waals surface area contributed by atoms with E-state index in [1.54, 1.807) is 0 Å². The largest absolute Gasteiger partial charge is 0.726 e. The molecule has 0 radical (unpaired) electrons. The van der Waals surface area contributed by atoms with Gasteiger partial charge in [-0.1, -0.05) is 52.4 Å². The molecule has 0 aliphatic heterocycles. The molecule has 7 heteroatoms. The van der Waals surface area contributed by atoms with Gasteiger partial charge in [0.2, 0.25) is 16.7 Å². The number of rotatable bonds is 12. The minimum Gasteiger partial charge on any atom is -0.726 e. The zero-order valence-electron chi connectivity index (χ0n) is 15.4. The van der Waals surface area contributed by atoms with Gasteiger partial charge in [-0.25, -0.2) is 17.6 Å². The molecule has 142 valence electrons. The normalized spacial score (nSPS) is 11.2. The first-order chi connectivity index (χ1) is 11.4. The summed E-state index contributed by atoms with van der Waals surface area (Å²) in [5.41, 5.74) is 0. The van der Waals surface area contributed by atoms with Gasteiger partial charge in [0, 0.05) is 0 Å². The van der Waals surface area contributed by atoms with E-state index in [1.165, 1.54) is 38.5 Å². The second-order valence-electron chi connectivity index (χ2n) is 6.02. The molecule has 0 fully saturated rings. The fourth-order valence-electron chi connectivity index (χ4n) is 2.22. The number of hydrogen-bond acceptors (Lipinski definition) is 4. The molecule has 0 saturated carbocycles. The monoisotopic (exact) mass is 362 g/mol. The van der Waals surface area contributed by atoms with E-state index in [0.717, 1.165) is 19.4 Å². The van der Waals surface area contributed by atoms with Gasteiger partial charge in [-0.3, -0.25) is 4.18 Å². The summed E-state index contributed by atoms with van der Waals surface area (Å²) in [5, 5.41) is 0. The van der Waals surface area contributed by atoms with Crippen LogP contribution in [0.15, 0.2) is 18.7 Å². The van der Waals surface area contributed by atoms with Crippen LogP contribution >= 0.6 is 0 Å². The molecule has 0 atom stereocenters. The van der Waals surface area contributed by atoms with Crippen molar-refractivity contribution in [1.29, 1.82) is 0 Å². The van der Waals surface area contributed by atoms with Gasteiger partial charge in [-0.05, 0) is 19.3 Å². The van der Waals surface area contributed by atoms with Gasteiger partial charge in [0.1, 0.15) is 12.4 Å². The van der Waals surface area contributed by atoms with E-state index >= 15 is 0 Å². The van der Waals surface area contributed by atoms with Crippen molar-refractivity contribution < 1.29 is 21.7 Å². The summed E-state index contributed by atoms with van der Waals surface area (Å²) in [6.45, 7) is 5.55. The summed E-state index contributed by atoms with van der Waals surface area (Å²) in [4.78, 5) is 0. The Labute approximate surface area is 147 Å². The summed E-state index contributed by atoms with van der Waals surface area (Å²) in [7, 11) is -2.42. The number of unbranched alkanes of at least 4 members (excludes halogenated alkanes) is 7. The highest BCUT2D eigenvalue weighted by Gasteiger charge is 1.97. The number of hydrogen-bond donors (Lipinski definition) is 0. The molecule has 0 N–H and O–H groups in total. The van der Waals surface area contributed by atoms with Crippen LogP contribution in [0.25, 0.3) is 0 Å². The van der Waals surface area contributed by atoms with Crippen molar-refractivity contribution in [2.75, 3.05) is 6.61 Å². The predicted octanol–water partition coefficient (Wildman–Crippen LogP) is 3.33. The van der Waals surface area contributed by atoms with Gasteiger partial charge in [0.25, 0.3) is 0 Å².